The van der Waals surface area contributed by atoms with Crippen LogP contribution in [0.5, 0.6) is 11.5 Å². The second kappa shape index (κ2) is 8.98. The predicted molar refractivity (Wildman–Crippen MR) is 153 cm³/mol. The van der Waals surface area contributed by atoms with Gasteiger partial charge in [0.05, 0.1) is 17.0 Å². The zero-order valence-electron chi connectivity index (χ0n) is 22.1. The summed E-state index contributed by atoms with van der Waals surface area (Å²) in [7, 11) is 2.14. The number of aromatic hydroxyl groups is 1. The van der Waals surface area contributed by atoms with Crippen LogP contribution in [0.2, 0.25) is 0 Å². The van der Waals surface area contributed by atoms with Gasteiger partial charge in [-0.05, 0) is 81.8 Å². The molecule has 2 aromatic carbocycles. The van der Waals surface area contributed by atoms with Crippen LogP contribution in [-0.4, -0.2) is 75.4 Å². The highest BCUT2D eigenvalue weighted by molar-refractivity contribution is 5.91. The van der Waals surface area contributed by atoms with Gasteiger partial charge in [0.2, 0.25) is 5.91 Å². The number of hydrogen-bond donors (Lipinski definition) is 3. The molecule has 2 aromatic rings. The van der Waals surface area contributed by atoms with E-state index in [1.54, 1.807) is 6.07 Å². The normalized spacial score (nSPS) is 37.2. The van der Waals surface area contributed by atoms with E-state index in [-0.39, 0.29) is 59.9 Å². The number of carbonyl (C=O) groups excluding carboxylic acids is 1. The van der Waals surface area contributed by atoms with Crippen molar-refractivity contribution in [2.75, 3.05) is 25.5 Å². The first kappa shape index (κ1) is 27.2. The fourth-order valence-corrected chi connectivity index (χ4v) is 9.43. The van der Waals surface area contributed by atoms with Gasteiger partial charge in [0.15, 0.2) is 11.5 Å². The van der Waals surface area contributed by atoms with Gasteiger partial charge in [-0.3, -0.25) is 14.6 Å². The minimum atomic E-state index is -1.19. The number of likely N-dealkylation sites (N-methyl/N-ethyl adjacent to an activating group) is 1. The molecule has 210 valence electrons. The van der Waals surface area contributed by atoms with E-state index in [1.807, 2.05) is 30.3 Å². The van der Waals surface area contributed by atoms with Crippen LogP contribution in [0.3, 0.4) is 0 Å². The summed E-state index contributed by atoms with van der Waals surface area (Å²) in [6.45, 7) is 2.12. The minimum Gasteiger partial charge on any atom is -0.504 e. The highest BCUT2D eigenvalue weighted by atomic mass is 35.5. The number of amides is 1. The summed E-state index contributed by atoms with van der Waals surface area (Å²) in [6.07, 6.45) is 5.66. The van der Waals surface area contributed by atoms with Gasteiger partial charge in [-0.1, -0.05) is 24.3 Å². The first-order valence-electron chi connectivity index (χ1n) is 13.9. The number of aliphatic hydroxyl groups is 1. The fraction of sp³-hybridized carbons (Fsp3) is 0.567. The standard InChI is InChI=1S/C30H35N3O4.2ClH/c1-32-22(16-24(35)31-20-5-3-2-4-6-20)29(36)11-12-30(32)23-15-19-9-10-21(34)26-25(19)28(30,27(29)37-26)13-14-33(23)17-18-7-8-18;;/h2-6,9-10,18,22-23,27,34,36H,7-8,11-17H2,1H3,(H,31,35);2*1H/t22-,23-,27-,28+,29-,30-;;/m1../s1. The molecule has 1 amide bonds. The number of hydrogen-bond acceptors (Lipinski definition) is 6. The smallest absolute Gasteiger partial charge is 0.226 e. The van der Waals surface area contributed by atoms with E-state index < -0.39 is 11.7 Å². The summed E-state index contributed by atoms with van der Waals surface area (Å²) in [6, 6.07) is 13.3. The van der Waals surface area contributed by atoms with Crippen LogP contribution < -0.4 is 10.1 Å². The second-order valence-corrected chi connectivity index (χ2v) is 12.5. The summed E-state index contributed by atoms with van der Waals surface area (Å²) >= 11 is 0. The lowest BCUT2D eigenvalue weighted by Gasteiger charge is -2.76. The van der Waals surface area contributed by atoms with Gasteiger partial charge in [0, 0.05) is 30.3 Å². The maximum Gasteiger partial charge on any atom is 0.226 e. The summed E-state index contributed by atoms with van der Waals surface area (Å²) in [5.74, 6) is 1.44. The number of carbonyl (C=O) groups is 1. The lowest BCUT2D eigenvalue weighted by molar-refractivity contribution is -0.286. The first-order valence-corrected chi connectivity index (χ1v) is 13.9. The molecule has 2 spiro atoms. The summed E-state index contributed by atoms with van der Waals surface area (Å²) in [4.78, 5) is 18.5. The van der Waals surface area contributed by atoms with Gasteiger partial charge in [-0.25, -0.2) is 0 Å². The van der Waals surface area contributed by atoms with Crippen molar-refractivity contribution < 1.29 is 19.7 Å². The van der Waals surface area contributed by atoms with E-state index in [0.29, 0.717) is 18.2 Å². The Morgan fingerprint density at radius 3 is 2.62 bits per heavy atom. The summed E-state index contributed by atoms with van der Waals surface area (Å²) in [5.41, 5.74) is 1.34. The first-order chi connectivity index (χ1) is 17.9. The molecule has 9 heteroatoms. The van der Waals surface area contributed by atoms with E-state index in [9.17, 15) is 15.0 Å². The molecular weight excluding hydrogens is 537 g/mol. The third-order valence-electron chi connectivity index (χ3n) is 11.0. The monoisotopic (exact) mass is 573 g/mol. The predicted octanol–water partition coefficient (Wildman–Crippen LogP) is 3.88. The molecule has 6 atom stereocenters. The number of piperidine rings is 3. The summed E-state index contributed by atoms with van der Waals surface area (Å²) < 4.78 is 6.67. The van der Waals surface area contributed by atoms with Crippen LogP contribution in [0.4, 0.5) is 5.69 Å². The molecule has 0 aromatic heterocycles. The number of benzene rings is 2. The second-order valence-electron chi connectivity index (χ2n) is 12.5. The molecule has 4 aliphatic heterocycles. The molecule has 3 N–H and O–H groups in total. The Morgan fingerprint density at radius 1 is 1.10 bits per heavy atom. The molecule has 2 saturated carbocycles. The molecule has 7 nitrogen and oxygen atoms in total. The summed E-state index contributed by atoms with van der Waals surface area (Å²) in [5, 5.41) is 26.5. The van der Waals surface area contributed by atoms with Crippen molar-refractivity contribution in [3.05, 3.63) is 53.6 Å². The van der Waals surface area contributed by atoms with Crippen molar-refractivity contribution in [3.8, 4) is 11.5 Å². The SMILES string of the molecule is CN1[C@H](CC(=O)Nc2ccccc2)[C@]2(O)CC[C@]13[C@H]1Cc4ccc(O)c5c4[C@@]3(CCN1CC1CC1)[C@H]2O5.Cl.Cl. The quantitative estimate of drug-likeness (QED) is 0.503. The van der Waals surface area contributed by atoms with Crippen molar-refractivity contribution in [1.82, 2.24) is 9.80 Å². The van der Waals surface area contributed by atoms with Crippen molar-refractivity contribution in [1.29, 1.82) is 0 Å². The van der Waals surface area contributed by atoms with Crippen molar-refractivity contribution in [2.45, 2.75) is 79.7 Å². The van der Waals surface area contributed by atoms with Gasteiger partial charge in [-0.15, -0.1) is 24.8 Å². The Balaban J connectivity index is 0.00000138. The van der Waals surface area contributed by atoms with Crippen LogP contribution in [0.1, 0.15) is 49.7 Å². The number of ether oxygens (including phenoxy) is 1. The Morgan fingerprint density at radius 2 is 1.87 bits per heavy atom. The highest BCUT2D eigenvalue weighted by Gasteiger charge is 2.82. The van der Waals surface area contributed by atoms with Crippen molar-refractivity contribution in [2.24, 2.45) is 5.92 Å². The number of phenolic OH excluding ortho intramolecular Hbond substituents is 1. The molecule has 3 saturated heterocycles. The molecule has 7 aliphatic rings. The third-order valence-corrected chi connectivity index (χ3v) is 11.0. The minimum absolute atomic E-state index is 0. The maximum absolute atomic E-state index is 13.3. The van der Waals surface area contributed by atoms with Gasteiger partial charge in [-0.2, -0.15) is 0 Å². The van der Waals surface area contributed by atoms with E-state index in [0.717, 1.165) is 49.5 Å². The van der Waals surface area contributed by atoms with Gasteiger partial charge in [0.1, 0.15) is 11.7 Å². The van der Waals surface area contributed by atoms with E-state index in [2.05, 4.69) is 28.2 Å². The number of nitrogens with one attached hydrogen (secondary N) is 1. The molecular formula is C30H37Cl2N3O4. The fourth-order valence-electron chi connectivity index (χ4n) is 9.43. The van der Waals surface area contributed by atoms with Crippen LogP contribution in [-0.2, 0) is 16.6 Å². The average molecular weight is 575 g/mol. The zero-order chi connectivity index (χ0) is 25.2. The number of para-hydroxylation sites is 1. The van der Waals surface area contributed by atoms with Crippen molar-refractivity contribution in [3.63, 3.8) is 0 Å². The molecule has 3 aliphatic carbocycles. The zero-order valence-corrected chi connectivity index (χ0v) is 23.8. The number of fused-ring (bicyclic) bond motifs is 2. The Labute approximate surface area is 241 Å². The Kier molecular flexibility index (Phi) is 6.26. The number of rotatable bonds is 5. The van der Waals surface area contributed by atoms with Gasteiger partial charge < -0.3 is 20.3 Å². The molecule has 5 fully saturated rings. The number of anilines is 1. The number of halogens is 2. The Hall–Kier alpha value is -2.03. The van der Waals surface area contributed by atoms with E-state index >= 15 is 0 Å². The average Bonchev–Trinajstić information content (AvgIpc) is 3.63. The van der Waals surface area contributed by atoms with Crippen LogP contribution in [0.15, 0.2) is 42.5 Å². The van der Waals surface area contributed by atoms with Crippen LogP contribution >= 0.6 is 24.8 Å². The largest absolute Gasteiger partial charge is 0.504 e. The number of likely N-dealkylation sites (tertiary alicyclic amines) is 1. The number of phenols is 1. The third kappa shape index (κ3) is 3.31. The van der Waals surface area contributed by atoms with E-state index in [4.69, 9.17) is 4.74 Å². The van der Waals surface area contributed by atoms with Crippen LogP contribution in [0.25, 0.3) is 0 Å². The molecule has 0 radical (unpaired) electrons. The van der Waals surface area contributed by atoms with Gasteiger partial charge in [0.25, 0.3) is 0 Å². The maximum atomic E-state index is 13.3. The highest BCUT2D eigenvalue weighted by Crippen LogP contribution is 2.72. The molecule has 4 heterocycles. The molecule has 9 rings (SSSR count). The molecule has 39 heavy (non-hydrogen) atoms. The Bertz CT molecular complexity index is 1310. The molecule has 4 bridgehead atoms. The molecule has 0 unspecified atom stereocenters. The number of nitrogens with zero attached hydrogens (tertiary/aromatic N) is 2. The van der Waals surface area contributed by atoms with Gasteiger partial charge >= 0.3 is 0 Å². The lowest BCUT2D eigenvalue weighted by Crippen LogP contribution is -2.91. The topological polar surface area (TPSA) is 85.3 Å². The lowest BCUT2D eigenvalue weighted by atomic mass is 9.41. The van der Waals surface area contributed by atoms with Crippen LogP contribution in [0, 0.1) is 5.92 Å². The van der Waals surface area contributed by atoms with E-state index in [1.165, 1.54) is 18.4 Å². The van der Waals surface area contributed by atoms with Crippen molar-refractivity contribution >= 4 is 36.4 Å².